The van der Waals surface area contributed by atoms with Gasteiger partial charge in [0.1, 0.15) is 18.1 Å². The summed E-state index contributed by atoms with van der Waals surface area (Å²) in [7, 11) is 1.60. The zero-order chi connectivity index (χ0) is 16.8. The van der Waals surface area contributed by atoms with Gasteiger partial charge >= 0.3 is 0 Å². The first-order chi connectivity index (χ1) is 11.0. The van der Waals surface area contributed by atoms with Gasteiger partial charge in [-0.1, -0.05) is 17.7 Å². The Labute approximate surface area is 140 Å². The lowest BCUT2D eigenvalue weighted by atomic mass is 10.1. The molecule has 0 spiro atoms. The highest BCUT2D eigenvalue weighted by molar-refractivity contribution is 6.30. The van der Waals surface area contributed by atoms with Gasteiger partial charge in [0.2, 0.25) is 5.91 Å². The number of rotatable bonds is 6. The molecule has 0 saturated carbocycles. The van der Waals surface area contributed by atoms with E-state index in [0.717, 1.165) is 22.4 Å². The van der Waals surface area contributed by atoms with Crippen LogP contribution in [0.4, 0.5) is 0 Å². The molecule has 5 heteroatoms. The fourth-order valence-electron chi connectivity index (χ4n) is 2.12. The smallest absolute Gasteiger partial charge is 0.241 e. The average molecular weight is 332 g/mol. The van der Waals surface area contributed by atoms with Gasteiger partial charge in [0.25, 0.3) is 0 Å². The summed E-state index contributed by atoms with van der Waals surface area (Å²) in [6, 6.07) is 11.0. The van der Waals surface area contributed by atoms with Crippen molar-refractivity contribution in [3.05, 3.63) is 64.2 Å². The highest BCUT2D eigenvalue weighted by Gasteiger charge is 2.07. The van der Waals surface area contributed by atoms with E-state index >= 15 is 0 Å². The van der Waals surface area contributed by atoms with E-state index in [1.54, 1.807) is 19.3 Å². The number of primary amides is 1. The van der Waals surface area contributed by atoms with Gasteiger partial charge in [-0.3, -0.25) is 4.79 Å². The quantitative estimate of drug-likeness (QED) is 0.820. The third kappa shape index (κ3) is 4.76. The van der Waals surface area contributed by atoms with Crippen LogP contribution in [0.5, 0.6) is 11.5 Å². The van der Waals surface area contributed by atoms with Crippen molar-refractivity contribution in [1.29, 1.82) is 0 Å². The lowest BCUT2D eigenvalue weighted by Gasteiger charge is -2.13. The topological polar surface area (TPSA) is 61.5 Å². The number of halogens is 1. The van der Waals surface area contributed by atoms with Gasteiger partial charge in [-0.2, -0.15) is 0 Å². The first kappa shape index (κ1) is 16.9. The molecule has 0 heterocycles. The Morgan fingerprint density at radius 3 is 2.61 bits per heavy atom. The number of methoxy groups -OCH3 is 1. The standard InChI is InChI=1S/C18H18ClNO3/c1-12-9-15(19)5-7-16(12)23-11-14-10-13(4-8-18(20)21)3-6-17(14)22-2/h3-10H,11H2,1-2H3,(H2,20,21)/b8-4-. The molecule has 2 aromatic rings. The van der Waals surface area contributed by atoms with Crippen molar-refractivity contribution in [3.8, 4) is 11.5 Å². The summed E-state index contributed by atoms with van der Waals surface area (Å²) in [6.07, 6.45) is 2.97. The third-order valence-electron chi connectivity index (χ3n) is 3.26. The number of ether oxygens (including phenoxy) is 2. The lowest BCUT2D eigenvalue weighted by molar-refractivity contribution is -0.113. The Balaban J connectivity index is 2.20. The molecule has 23 heavy (non-hydrogen) atoms. The monoisotopic (exact) mass is 331 g/mol. The van der Waals surface area contributed by atoms with Crippen LogP contribution >= 0.6 is 11.6 Å². The molecule has 0 aliphatic heterocycles. The van der Waals surface area contributed by atoms with E-state index in [0.29, 0.717) is 17.4 Å². The van der Waals surface area contributed by atoms with E-state index in [-0.39, 0.29) is 0 Å². The Kier molecular flexibility index (Phi) is 5.66. The van der Waals surface area contributed by atoms with E-state index in [1.165, 1.54) is 6.08 Å². The zero-order valence-corrected chi connectivity index (χ0v) is 13.8. The van der Waals surface area contributed by atoms with Crippen molar-refractivity contribution in [2.75, 3.05) is 7.11 Å². The Morgan fingerprint density at radius 1 is 1.22 bits per heavy atom. The normalized spacial score (nSPS) is 10.7. The van der Waals surface area contributed by atoms with Crippen molar-refractivity contribution in [2.24, 2.45) is 5.73 Å². The molecule has 0 atom stereocenters. The summed E-state index contributed by atoms with van der Waals surface area (Å²) in [4.78, 5) is 10.8. The van der Waals surface area contributed by atoms with Crippen LogP contribution in [-0.2, 0) is 11.4 Å². The number of carbonyl (C=O) groups is 1. The minimum Gasteiger partial charge on any atom is -0.496 e. The SMILES string of the molecule is COc1ccc(/C=C\C(N)=O)cc1COc1ccc(Cl)cc1C. The predicted octanol–water partition coefficient (Wildman–Crippen LogP) is 3.73. The molecule has 0 fully saturated rings. The molecule has 0 aliphatic carbocycles. The number of benzene rings is 2. The van der Waals surface area contributed by atoms with Gasteiger partial charge in [0.05, 0.1) is 7.11 Å². The van der Waals surface area contributed by atoms with E-state index in [4.69, 9.17) is 26.8 Å². The first-order valence-electron chi connectivity index (χ1n) is 7.03. The molecule has 120 valence electrons. The van der Waals surface area contributed by atoms with Crippen molar-refractivity contribution < 1.29 is 14.3 Å². The molecular formula is C18H18ClNO3. The molecule has 1 amide bonds. The van der Waals surface area contributed by atoms with Gasteiger partial charge in [0.15, 0.2) is 0 Å². The second kappa shape index (κ2) is 7.70. The third-order valence-corrected chi connectivity index (χ3v) is 3.50. The number of amides is 1. The maximum atomic E-state index is 10.8. The molecular weight excluding hydrogens is 314 g/mol. The highest BCUT2D eigenvalue weighted by Crippen LogP contribution is 2.26. The van der Waals surface area contributed by atoms with Gasteiger partial charge in [-0.05, 0) is 54.5 Å². The van der Waals surface area contributed by atoms with Crippen molar-refractivity contribution in [1.82, 2.24) is 0 Å². The molecule has 0 aliphatic rings. The van der Waals surface area contributed by atoms with E-state index in [9.17, 15) is 4.79 Å². The maximum absolute atomic E-state index is 10.8. The van der Waals surface area contributed by atoms with Crippen LogP contribution < -0.4 is 15.2 Å². The number of hydrogen-bond donors (Lipinski definition) is 1. The van der Waals surface area contributed by atoms with Crippen molar-refractivity contribution >= 4 is 23.6 Å². The van der Waals surface area contributed by atoms with Crippen LogP contribution in [0.15, 0.2) is 42.5 Å². The molecule has 2 rings (SSSR count). The number of aryl methyl sites for hydroxylation is 1. The van der Waals surface area contributed by atoms with Crippen molar-refractivity contribution in [2.45, 2.75) is 13.5 Å². The van der Waals surface area contributed by atoms with Gasteiger partial charge in [0, 0.05) is 16.7 Å². The molecule has 0 saturated heterocycles. The van der Waals surface area contributed by atoms with Crippen LogP contribution in [-0.4, -0.2) is 13.0 Å². The van der Waals surface area contributed by atoms with E-state index in [1.807, 2.05) is 37.3 Å². The van der Waals surface area contributed by atoms with Gasteiger partial charge in [-0.15, -0.1) is 0 Å². The van der Waals surface area contributed by atoms with Gasteiger partial charge < -0.3 is 15.2 Å². The largest absolute Gasteiger partial charge is 0.496 e. The minimum atomic E-state index is -0.490. The molecule has 2 aromatic carbocycles. The summed E-state index contributed by atoms with van der Waals surface area (Å²) in [5.41, 5.74) is 7.78. The minimum absolute atomic E-state index is 0.337. The molecule has 0 bridgehead atoms. The number of carbonyl (C=O) groups excluding carboxylic acids is 1. The summed E-state index contributed by atoms with van der Waals surface area (Å²) in [5.74, 6) is 0.984. The van der Waals surface area contributed by atoms with Crippen LogP contribution in [0.25, 0.3) is 6.08 Å². The predicted molar refractivity (Wildman–Crippen MR) is 91.7 cm³/mol. The first-order valence-corrected chi connectivity index (χ1v) is 7.41. The van der Waals surface area contributed by atoms with Gasteiger partial charge in [-0.25, -0.2) is 0 Å². The van der Waals surface area contributed by atoms with Crippen molar-refractivity contribution in [3.63, 3.8) is 0 Å². The number of hydrogen-bond acceptors (Lipinski definition) is 3. The van der Waals surface area contributed by atoms with E-state index < -0.39 is 5.91 Å². The Bertz CT molecular complexity index is 741. The summed E-state index contributed by atoms with van der Waals surface area (Å²) < 4.78 is 11.2. The summed E-state index contributed by atoms with van der Waals surface area (Å²) >= 11 is 5.94. The summed E-state index contributed by atoms with van der Waals surface area (Å²) in [6.45, 7) is 2.27. The Hall–Kier alpha value is -2.46. The fourth-order valence-corrected chi connectivity index (χ4v) is 2.35. The zero-order valence-electron chi connectivity index (χ0n) is 13.0. The van der Waals surface area contributed by atoms with Crippen LogP contribution in [0.3, 0.4) is 0 Å². The summed E-state index contributed by atoms with van der Waals surface area (Å²) in [5, 5.41) is 0.672. The average Bonchev–Trinajstić information content (AvgIpc) is 2.52. The van der Waals surface area contributed by atoms with Crippen LogP contribution in [0.2, 0.25) is 5.02 Å². The Morgan fingerprint density at radius 2 is 1.96 bits per heavy atom. The second-order valence-electron chi connectivity index (χ2n) is 5.01. The van der Waals surface area contributed by atoms with Crippen LogP contribution in [0.1, 0.15) is 16.7 Å². The molecule has 0 aromatic heterocycles. The van der Waals surface area contributed by atoms with Crippen LogP contribution in [0, 0.1) is 6.92 Å². The lowest BCUT2D eigenvalue weighted by Crippen LogP contribution is -2.05. The molecule has 0 radical (unpaired) electrons. The maximum Gasteiger partial charge on any atom is 0.241 e. The second-order valence-corrected chi connectivity index (χ2v) is 5.44. The molecule has 2 N–H and O–H groups in total. The number of nitrogens with two attached hydrogens (primary N) is 1. The highest BCUT2D eigenvalue weighted by atomic mass is 35.5. The fraction of sp³-hybridized carbons (Fsp3) is 0.167. The molecule has 4 nitrogen and oxygen atoms in total. The van der Waals surface area contributed by atoms with E-state index in [2.05, 4.69) is 0 Å². The molecule has 0 unspecified atom stereocenters.